The molecule has 2 aromatic rings. The zero-order valence-electron chi connectivity index (χ0n) is 12.7. The van der Waals surface area contributed by atoms with E-state index in [-0.39, 0.29) is 24.2 Å². The molecule has 0 aliphatic rings. The van der Waals surface area contributed by atoms with Gasteiger partial charge in [-0.15, -0.1) is 0 Å². The molecular formula is C16H15BrFNO4S. The first-order valence-electron chi connectivity index (χ1n) is 6.91. The number of nitrogens with zero attached hydrogens (tertiary/aromatic N) is 1. The van der Waals surface area contributed by atoms with Crippen molar-refractivity contribution in [2.45, 2.75) is 13.1 Å². The van der Waals surface area contributed by atoms with Crippen molar-refractivity contribution in [1.29, 1.82) is 0 Å². The summed E-state index contributed by atoms with van der Waals surface area (Å²) in [5.74, 6) is -1.31. The van der Waals surface area contributed by atoms with Gasteiger partial charge in [-0.2, -0.15) is 4.31 Å². The van der Waals surface area contributed by atoms with Gasteiger partial charge in [0.1, 0.15) is 5.82 Å². The van der Waals surface area contributed by atoms with E-state index in [2.05, 4.69) is 20.7 Å². The smallest absolute Gasteiger partial charge is 0.337 e. The van der Waals surface area contributed by atoms with E-state index in [0.29, 0.717) is 0 Å². The standard InChI is InChI=1S/C16H15BrFNO4S/c1-23-16(20)12-4-5-13(15(18)8-12)10-19(24(21)22)9-11-2-6-14(17)7-3-11/h2-8,24H,9-10H2,1H3. The van der Waals surface area contributed by atoms with Gasteiger partial charge in [0.15, 0.2) is 0 Å². The van der Waals surface area contributed by atoms with Crippen LogP contribution in [-0.4, -0.2) is 25.8 Å². The quantitative estimate of drug-likeness (QED) is 0.581. The van der Waals surface area contributed by atoms with Crippen LogP contribution in [0.4, 0.5) is 4.39 Å². The van der Waals surface area contributed by atoms with Gasteiger partial charge < -0.3 is 4.74 Å². The van der Waals surface area contributed by atoms with Gasteiger partial charge in [-0.25, -0.2) is 17.6 Å². The Morgan fingerprint density at radius 1 is 1.17 bits per heavy atom. The Morgan fingerprint density at radius 3 is 2.38 bits per heavy atom. The molecule has 0 aliphatic carbocycles. The van der Waals surface area contributed by atoms with E-state index < -0.39 is 22.7 Å². The zero-order chi connectivity index (χ0) is 17.7. The van der Waals surface area contributed by atoms with Crippen molar-refractivity contribution in [2.75, 3.05) is 7.11 Å². The molecule has 0 amide bonds. The first-order valence-corrected chi connectivity index (χ1v) is 8.83. The predicted octanol–water partition coefficient (Wildman–Crippen LogP) is 2.90. The summed E-state index contributed by atoms with van der Waals surface area (Å²) in [6.07, 6.45) is 0. The van der Waals surface area contributed by atoms with Gasteiger partial charge in [0.25, 0.3) is 0 Å². The molecule has 0 saturated heterocycles. The van der Waals surface area contributed by atoms with Crippen LogP contribution in [0.15, 0.2) is 46.9 Å². The Bertz CT molecular complexity index is 800. The summed E-state index contributed by atoms with van der Waals surface area (Å²) < 4.78 is 43.6. The Morgan fingerprint density at radius 2 is 1.83 bits per heavy atom. The number of carbonyl (C=O) groups is 1. The summed E-state index contributed by atoms with van der Waals surface area (Å²) in [6.45, 7) is 0.00618. The fourth-order valence-electron chi connectivity index (χ4n) is 2.09. The van der Waals surface area contributed by atoms with Crippen molar-refractivity contribution < 1.29 is 22.3 Å². The van der Waals surface area contributed by atoms with Gasteiger partial charge in [-0.05, 0) is 29.8 Å². The van der Waals surface area contributed by atoms with Crippen molar-refractivity contribution in [1.82, 2.24) is 4.31 Å². The number of ether oxygens (including phenoxy) is 1. The van der Waals surface area contributed by atoms with Crippen LogP contribution < -0.4 is 0 Å². The third-order valence-electron chi connectivity index (χ3n) is 3.34. The third-order valence-corrected chi connectivity index (χ3v) is 4.61. The molecule has 0 atom stereocenters. The monoisotopic (exact) mass is 415 g/mol. The van der Waals surface area contributed by atoms with Crippen molar-refractivity contribution in [3.05, 3.63) is 69.4 Å². The van der Waals surface area contributed by atoms with Crippen LogP contribution in [0, 0.1) is 5.82 Å². The summed E-state index contributed by atoms with van der Waals surface area (Å²) in [6, 6.07) is 11.0. The van der Waals surface area contributed by atoms with Crippen LogP contribution in [0.2, 0.25) is 0 Å². The van der Waals surface area contributed by atoms with Gasteiger partial charge in [-0.1, -0.05) is 34.1 Å². The van der Waals surface area contributed by atoms with Crippen molar-refractivity contribution >= 4 is 32.8 Å². The second-order valence-electron chi connectivity index (χ2n) is 4.98. The Hall–Kier alpha value is -1.77. The molecule has 24 heavy (non-hydrogen) atoms. The molecule has 0 fully saturated rings. The molecule has 128 valence electrons. The van der Waals surface area contributed by atoms with Gasteiger partial charge in [0.2, 0.25) is 10.9 Å². The highest BCUT2D eigenvalue weighted by atomic mass is 79.9. The Balaban J connectivity index is 2.18. The lowest BCUT2D eigenvalue weighted by Crippen LogP contribution is -2.21. The zero-order valence-corrected chi connectivity index (χ0v) is 15.2. The lowest BCUT2D eigenvalue weighted by Gasteiger charge is -2.16. The largest absolute Gasteiger partial charge is 0.465 e. The SMILES string of the molecule is COC(=O)c1ccc(CN(Cc2ccc(Br)cc2)[SH](=O)=O)c(F)c1. The number of esters is 1. The highest BCUT2D eigenvalue weighted by Crippen LogP contribution is 2.17. The molecule has 0 radical (unpaired) electrons. The van der Waals surface area contributed by atoms with Crippen molar-refractivity contribution in [3.63, 3.8) is 0 Å². The molecule has 0 aliphatic heterocycles. The van der Waals surface area contributed by atoms with Crippen LogP contribution in [0.1, 0.15) is 21.5 Å². The van der Waals surface area contributed by atoms with E-state index in [0.717, 1.165) is 20.4 Å². The lowest BCUT2D eigenvalue weighted by atomic mass is 10.1. The fourth-order valence-corrected chi connectivity index (χ4v) is 2.90. The molecule has 0 aromatic heterocycles. The number of halogens is 2. The minimum atomic E-state index is -2.89. The fraction of sp³-hybridized carbons (Fsp3) is 0.188. The highest BCUT2D eigenvalue weighted by molar-refractivity contribution is 9.10. The summed E-state index contributed by atoms with van der Waals surface area (Å²) >= 11 is 3.31. The number of methoxy groups -OCH3 is 1. The number of rotatable bonds is 6. The van der Waals surface area contributed by atoms with Crippen LogP contribution in [0.5, 0.6) is 0 Å². The first-order chi connectivity index (χ1) is 11.4. The molecule has 0 spiro atoms. The molecule has 2 aromatic carbocycles. The van der Waals surface area contributed by atoms with Gasteiger partial charge in [-0.3, -0.25) is 0 Å². The molecule has 0 saturated carbocycles. The second kappa shape index (κ2) is 8.36. The summed E-state index contributed by atoms with van der Waals surface area (Å²) in [4.78, 5) is 11.4. The van der Waals surface area contributed by atoms with Crippen LogP contribution in [0.3, 0.4) is 0 Å². The topological polar surface area (TPSA) is 63.7 Å². The lowest BCUT2D eigenvalue weighted by molar-refractivity contribution is 0.0600. The van der Waals surface area contributed by atoms with E-state index in [1.165, 1.54) is 19.2 Å². The van der Waals surface area contributed by atoms with Gasteiger partial charge in [0.05, 0.1) is 12.7 Å². The maximum Gasteiger partial charge on any atom is 0.337 e. The van der Waals surface area contributed by atoms with Gasteiger partial charge >= 0.3 is 5.97 Å². The van der Waals surface area contributed by atoms with E-state index in [1.807, 2.05) is 0 Å². The molecule has 2 rings (SSSR count). The summed E-state index contributed by atoms with van der Waals surface area (Å²) in [5, 5.41) is 0. The van der Waals surface area contributed by atoms with E-state index in [4.69, 9.17) is 0 Å². The number of carbonyl (C=O) groups excluding carboxylic acids is 1. The Labute approximate surface area is 149 Å². The molecule has 0 unspecified atom stereocenters. The van der Waals surface area contributed by atoms with Crippen LogP contribution in [0.25, 0.3) is 0 Å². The maximum absolute atomic E-state index is 14.1. The summed E-state index contributed by atoms with van der Waals surface area (Å²) in [7, 11) is -1.69. The number of benzene rings is 2. The average Bonchev–Trinajstić information content (AvgIpc) is 2.56. The van der Waals surface area contributed by atoms with Crippen molar-refractivity contribution in [2.24, 2.45) is 0 Å². The Kier molecular flexibility index (Phi) is 6.47. The molecule has 0 N–H and O–H groups in total. The van der Waals surface area contributed by atoms with Gasteiger partial charge in [0, 0.05) is 23.1 Å². The first kappa shape index (κ1) is 18.6. The molecule has 8 heteroatoms. The van der Waals surface area contributed by atoms with Crippen LogP contribution in [-0.2, 0) is 28.7 Å². The maximum atomic E-state index is 14.1. The second-order valence-corrected chi connectivity index (χ2v) is 6.94. The third kappa shape index (κ3) is 4.86. The normalized spacial score (nSPS) is 11.0. The minimum absolute atomic E-state index is 0.0738. The number of hydrogen-bond acceptors (Lipinski definition) is 4. The minimum Gasteiger partial charge on any atom is -0.465 e. The van der Waals surface area contributed by atoms with Crippen molar-refractivity contribution in [3.8, 4) is 0 Å². The van der Waals surface area contributed by atoms with E-state index in [9.17, 15) is 17.6 Å². The average molecular weight is 416 g/mol. The summed E-state index contributed by atoms with van der Waals surface area (Å²) in [5.41, 5.74) is 1.03. The molecule has 0 bridgehead atoms. The van der Waals surface area contributed by atoms with E-state index in [1.54, 1.807) is 24.3 Å². The molecule has 5 nitrogen and oxygen atoms in total. The predicted molar refractivity (Wildman–Crippen MR) is 91.4 cm³/mol. The number of thiol groups is 1. The highest BCUT2D eigenvalue weighted by Gasteiger charge is 2.15. The number of hydrogen-bond donors (Lipinski definition) is 1. The van der Waals surface area contributed by atoms with E-state index >= 15 is 0 Å². The molecular weight excluding hydrogens is 401 g/mol. The molecule has 0 heterocycles. The van der Waals surface area contributed by atoms with Crippen LogP contribution >= 0.6 is 15.9 Å².